The molecule has 2 unspecified atom stereocenters. The van der Waals surface area contributed by atoms with Crippen molar-refractivity contribution < 1.29 is 19.2 Å². The Kier molecular flexibility index (Phi) is 7.62. The molecule has 1 aromatic carbocycles. The first kappa shape index (κ1) is 25.9. The van der Waals surface area contributed by atoms with Crippen molar-refractivity contribution in [2.24, 2.45) is 11.3 Å². The van der Waals surface area contributed by atoms with Gasteiger partial charge >= 0.3 is 0 Å². The van der Waals surface area contributed by atoms with Gasteiger partial charge in [0.25, 0.3) is 11.8 Å². The summed E-state index contributed by atoms with van der Waals surface area (Å²) in [6.07, 6.45) is 7.31. The van der Waals surface area contributed by atoms with Crippen molar-refractivity contribution in [3.05, 3.63) is 29.3 Å². The van der Waals surface area contributed by atoms with Gasteiger partial charge in [-0.3, -0.25) is 29.4 Å². The Morgan fingerprint density at radius 2 is 1.81 bits per heavy atom. The van der Waals surface area contributed by atoms with E-state index in [4.69, 9.17) is 0 Å². The summed E-state index contributed by atoms with van der Waals surface area (Å²) in [5, 5.41) is 5.59. The molecule has 4 heterocycles. The second-order valence-corrected chi connectivity index (χ2v) is 11.3. The first-order valence-electron chi connectivity index (χ1n) is 13.9. The molecule has 0 aromatic heterocycles. The molecule has 0 aliphatic carbocycles. The molecule has 2 atom stereocenters. The van der Waals surface area contributed by atoms with E-state index >= 15 is 0 Å². The third-order valence-corrected chi connectivity index (χ3v) is 9.06. The second kappa shape index (κ2) is 10.9. The standard InChI is InChI=1S/C28H39N5O4/c1-2-3-24(25(35)30-19-34)33-26(36)22-5-4-21(16-23(22)27(33)37)32-14-9-28(10-15-32)7-12-31(13-8-28)18-20-6-11-29-17-20/h4-5,16,19-20,24,29H,2-3,6-15,17-18H2,1H3,(H,30,34,35). The van der Waals surface area contributed by atoms with Crippen molar-refractivity contribution in [1.82, 2.24) is 20.4 Å². The number of imide groups is 2. The van der Waals surface area contributed by atoms with E-state index in [0.717, 1.165) is 55.5 Å². The third-order valence-electron chi connectivity index (χ3n) is 9.06. The highest BCUT2D eigenvalue weighted by Crippen LogP contribution is 2.43. The Balaban J connectivity index is 1.21. The summed E-state index contributed by atoms with van der Waals surface area (Å²) >= 11 is 0. The van der Waals surface area contributed by atoms with Crippen molar-refractivity contribution >= 4 is 29.8 Å². The molecule has 4 aliphatic rings. The van der Waals surface area contributed by atoms with E-state index in [9.17, 15) is 19.2 Å². The maximum absolute atomic E-state index is 13.3. The number of likely N-dealkylation sites (tertiary alicyclic amines) is 1. The number of hydrogen-bond donors (Lipinski definition) is 2. The van der Waals surface area contributed by atoms with Crippen LogP contribution in [-0.4, -0.2) is 85.8 Å². The van der Waals surface area contributed by atoms with Crippen LogP contribution in [0.2, 0.25) is 0 Å². The lowest BCUT2D eigenvalue weighted by Crippen LogP contribution is -2.49. The van der Waals surface area contributed by atoms with E-state index in [1.54, 1.807) is 6.07 Å². The topological polar surface area (TPSA) is 102 Å². The van der Waals surface area contributed by atoms with Crippen LogP contribution in [0.5, 0.6) is 0 Å². The Morgan fingerprint density at radius 3 is 2.46 bits per heavy atom. The Bertz CT molecular complexity index is 1040. The maximum Gasteiger partial charge on any atom is 0.262 e. The van der Waals surface area contributed by atoms with Crippen LogP contribution < -0.4 is 15.5 Å². The molecule has 4 amide bonds. The lowest BCUT2D eigenvalue weighted by atomic mass is 9.71. The van der Waals surface area contributed by atoms with Gasteiger partial charge in [0.1, 0.15) is 6.04 Å². The normalized spacial score (nSPS) is 24.4. The quantitative estimate of drug-likeness (QED) is 0.408. The number of nitrogens with zero attached hydrogens (tertiary/aromatic N) is 3. The summed E-state index contributed by atoms with van der Waals surface area (Å²) in [7, 11) is 0. The molecule has 3 saturated heterocycles. The van der Waals surface area contributed by atoms with Crippen LogP contribution in [0.4, 0.5) is 5.69 Å². The fourth-order valence-corrected chi connectivity index (χ4v) is 6.72. The summed E-state index contributed by atoms with van der Waals surface area (Å²) in [4.78, 5) is 55.6. The van der Waals surface area contributed by atoms with Crippen molar-refractivity contribution in [2.45, 2.75) is 57.9 Å². The molecular weight excluding hydrogens is 470 g/mol. The number of anilines is 1. The van der Waals surface area contributed by atoms with Crippen LogP contribution in [0.1, 0.15) is 72.6 Å². The second-order valence-electron chi connectivity index (χ2n) is 11.3. The maximum atomic E-state index is 13.3. The minimum Gasteiger partial charge on any atom is -0.371 e. The van der Waals surface area contributed by atoms with E-state index in [0.29, 0.717) is 35.8 Å². The zero-order valence-corrected chi connectivity index (χ0v) is 21.8. The SMILES string of the molecule is CCCC(C(=O)NC=O)N1C(=O)c2ccc(N3CCC4(CCN(CC5CCNC5)CC4)CC3)cc2C1=O. The molecule has 0 saturated carbocycles. The van der Waals surface area contributed by atoms with Crippen molar-refractivity contribution in [3.63, 3.8) is 0 Å². The molecule has 0 bridgehead atoms. The van der Waals surface area contributed by atoms with E-state index in [1.807, 2.05) is 19.1 Å². The predicted octanol–water partition coefficient (Wildman–Crippen LogP) is 2.02. The monoisotopic (exact) mass is 509 g/mol. The lowest BCUT2D eigenvalue weighted by molar-refractivity contribution is -0.128. The average Bonchev–Trinajstić information content (AvgIpc) is 3.51. The highest BCUT2D eigenvalue weighted by atomic mass is 16.2. The van der Waals surface area contributed by atoms with Crippen molar-refractivity contribution in [2.75, 3.05) is 50.7 Å². The number of rotatable bonds is 8. The van der Waals surface area contributed by atoms with Crippen molar-refractivity contribution in [1.29, 1.82) is 0 Å². The van der Waals surface area contributed by atoms with E-state index in [2.05, 4.69) is 20.4 Å². The van der Waals surface area contributed by atoms with E-state index in [-0.39, 0.29) is 0 Å². The van der Waals surface area contributed by atoms with Gasteiger partial charge in [-0.05, 0) is 94.2 Å². The fraction of sp³-hybridized carbons (Fsp3) is 0.643. The van der Waals surface area contributed by atoms with E-state index < -0.39 is 23.8 Å². The van der Waals surface area contributed by atoms with Gasteiger partial charge < -0.3 is 15.1 Å². The molecule has 5 rings (SSSR count). The summed E-state index contributed by atoms with van der Waals surface area (Å²) in [6.45, 7) is 9.69. The van der Waals surface area contributed by atoms with Gasteiger partial charge in [0, 0.05) is 25.3 Å². The number of piperidine rings is 2. The van der Waals surface area contributed by atoms with Crippen LogP contribution in [0.3, 0.4) is 0 Å². The number of carbonyl (C=O) groups excluding carboxylic acids is 4. The predicted molar refractivity (Wildman–Crippen MR) is 140 cm³/mol. The first-order chi connectivity index (χ1) is 17.9. The van der Waals surface area contributed by atoms with Gasteiger partial charge in [-0.1, -0.05) is 13.3 Å². The number of hydrogen-bond acceptors (Lipinski definition) is 7. The highest BCUT2D eigenvalue weighted by molar-refractivity contribution is 6.23. The Morgan fingerprint density at radius 1 is 1.11 bits per heavy atom. The number of fused-ring (bicyclic) bond motifs is 1. The van der Waals surface area contributed by atoms with Crippen LogP contribution >= 0.6 is 0 Å². The van der Waals surface area contributed by atoms with Crippen LogP contribution in [0.15, 0.2) is 18.2 Å². The molecule has 0 radical (unpaired) electrons. The van der Waals surface area contributed by atoms with Gasteiger partial charge in [-0.15, -0.1) is 0 Å². The number of benzene rings is 1. The number of amides is 4. The zero-order valence-electron chi connectivity index (χ0n) is 21.8. The van der Waals surface area contributed by atoms with Crippen LogP contribution in [-0.2, 0) is 9.59 Å². The summed E-state index contributed by atoms with van der Waals surface area (Å²) in [6, 6.07) is 4.46. The van der Waals surface area contributed by atoms with Crippen LogP contribution in [0.25, 0.3) is 0 Å². The fourth-order valence-electron chi connectivity index (χ4n) is 6.72. The van der Waals surface area contributed by atoms with Crippen molar-refractivity contribution in [3.8, 4) is 0 Å². The molecular formula is C28H39N5O4. The first-order valence-corrected chi connectivity index (χ1v) is 13.9. The average molecular weight is 510 g/mol. The molecule has 3 fully saturated rings. The highest BCUT2D eigenvalue weighted by Gasteiger charge is 2.43. The smallest absolute Gasteiger partial charge is 0.262 e. The lowest BCUT2D eigenvalue weighted by Gasteiger charge is -2.47. The summed E-state index contributed by atoms with van der Waals surface area (Å²) < 4.78 is 0. The van der Waals surface area contributed by atoms with Gasteiger partial charge in [0.15, 0.2) is 0 Å². The van der Waals surface area contributed by atoms with Gasteiger partial charge in [0.2, 0.25) is 12.3 Å². The molecule has 1 aromatic rings. The third kappa shape index (κ3) is 5.16. The molecule has 9 nitrogen and oxygen atoms in total. The minimum atomic E-state index is -0.989. The molecule has 4 aliphatic heterocycles. The minimum absolute atomic E-state index is 0.293. The van der Waals surface area contributed by atoms with Gasteiger partial charge in [-0.2, -0.15) is 0 Å². The molecule has 200 valence electrons. The zero-order chi connectivity index (χ0) is 26.0. The number of carbonyl (C=O) groups is 4. The summed E-state index contributed by atoms with van der Waals surface area (Å²) in [5.74, 6) is -0.750. The Labute approximate surface area is 218 Å². The van der Waals surface area contributed by atoms with Crippen LogP contribution in [0, 0.1) is 11.3 Å². The van der Waals surface area contributed by atoms with Gasteiger partial charge in [-0.25, -0.2) is 0 Å². The molecule has 37 heavy (non-hydrogen) atoms. The molecule has 1 spiro atoms. The van der Waals surface area contributed by atoms with Gasteiger partial charge in [0.05, 0.1) is 11.1 Å². The molecule has 9 heteroatoms. The Hall–Kier alpha value is -2.78. The largest absolute Gasteiger partial charge is 0.371 e. The number of nitrogens with one attached hydrogen (secondary N) is 2. The summed E-state index contributed by atoms with van der Waals surface area (Å²) in [5.41, 5.74) is 2.04. The molecule has 2 N–H and O–H groups in total. The van der Waals surface area contributed by atoms with E-state index in [1.165, 1.54) is 38.9 Å².